The van der Waals surface area contributed by atoms with Crippen molar-refractivity contribution in [1.82, 2.24) is 14.8 Å². The van der Waals surface area contributed by atoms with Gasteiger partial charge < -0.3 is 19.5 Å². The summed E-state index contributed by atoms with van der Waals surface area (Å²) in [6.45, 7) is 2.79. The molecule has 0 bridgehead atoms. The highest BCUT2D eigenvalue weighted by atomic mass is 16.5. The molecule has 1 atom stereocenters. The fraction of sp³-hybridized carbons (Fsp3) is 0.500. The van der Waals surface area contributed by atoms with E-state index in [4.69, 9.17) is 4.74 Å². The van der Waals surface area contributed by atoms with Crippen LogP contribution in [0.1, 0.15) is 42.5 Å². The molecule has 4 rings (SSSR count). The summed E-state index contributed by atoms with van der Waals surface area (Å²) < 4.78 is 7.28. The second-order valence-electron chi connectivity index (χ2n) is 7.80. The van der Waals surface area contributed by atoms with E-state index in [1.165, 1.54) is 0 Å². The molecule has 3 heterocycles. The van der Waals surface area contributed by atoms with E-state index in [0.29, 0.717) is 24.1 Å². The van der Waals surface area contributed by atoms with Crippen LogP contribution in [0.3, 0.4) is 0 Å². The highest BCUT2D eigenvalue weighted by molar-refractivity contribution is 6.45. The molecule has 2 aliphatic rings. The average molecular weight is 397 g/mol. The number of nitrogens with zero attached hydrogens (tertiary/aromatic N) is 2. The Morgan fingerprint density at radius 3 is 2.62 bits per heavy atom. The van der Waals surface area contributed by atoms with E-state index in [1.807, 2.05) is 29.2 Å². The average Bonchev–Trinajstić information content (AvgIpc) is 3.40. The standard InChI is InChI=1S/C22H27N3O4/c26-20(24-10-4-1-5-11-24)15-25-14-18(17-8-2-3-9-19(17)25)21(27)22(28)23-13-16-7-6-12-29-16/h2-3,8-9,14,16H,1,4-7,10-13,15H2,(H,23,28). The molecule has 0 radical (unpaired) electrons. The van der Waals surface area contributed by atoms with Crippen molar-refractivity contribution in [3.63, 3.8) is 0 Å². The molecular weight excluding hydrogens is 370 g/mol. The monoisotopic (exact) mass is 397 g/mol. The van der Waals surface area contributed by atoms with Gasteiger partial charge in [-0.2, -0.15) is 0 Å². The number of para-hydroxylation sites is 1. The Labute approximate surface area is 170 Å². The number of benzene rings is 1. The van der Waals surface area contributed by atoms with Crippen molar-refractivity contribution in [2.75, 3.05) is 26.2 Å². The van der Waals surface area contributed by atoms with Gasteiger partial charge in [-0.25, -0.2) is 0 Å². The lowest BCUT2D eigenvalue weighted by Gasteiger charge is -2.27. The van der Waals surface area contributed by atoms with Crippen molar-refractivity contribution in [3.05, 3.63) is 36.0 Å². The zero-order valence-corrected chi connectivity index (χ0v) is 16.6. The first-order valence-corrected chi connectivity index (χ1v) is 10.4. The predicted octanol–water partition coefficient (Wildman–Crippen LogP) is 2.13. The highest BCUT2D eigenvalue weighted by Crippen LogP contribution is 2.23. The third-order valence-corrected chi connectivity index (χ3v) is 5.77. The largest absolute Gasteiger partial charge is 0.376 e. The molecule has 1 aromatic heterocycles. The number of fused-ring (bicyclic) bond motifs is 1. The van der Waals surface area contributed by atoms with Gasteiger partial charge in [0.25, 0.3) is 11.7 Å². The maximum Gasteiger partial charge on any atom is 0.292 e. The molecule has 7 heteroatoms. The van der Waals surface area contributed by atoms with Crippen molar-refractivity contribution >= 4 is 28.5 Å². The Morgan fingerprint density at radius 2 is 1.86 bits per heavy atom. The minimum Gasteiger partial charge on any atom is -0.376 e. The van der Waals surface area contributed by atoms with Crippen LogP contribution in [-0.2, 0) is 20.9 Å². The lowest BCUT2D eigenvalue weighted by Crippen LogP contribution is -2.37. The van der Waals surface area contributed by atoms with E-state index in [9.17, 15) is 14.4 Å². The van der Waals surface area contributed by atoms with Gasteiger partial charge in [-0.15, -0.1) is 0 Å². The summed E-state index contributed by atoms with van der Waals surface area (Å²) in [7, 11) is 0. The first kappa shape index (κ1) is 19.6. The molecule has 1 aromatic carbocycles. The van der Waals surface area contributed by atoms with E-state index < -0.39 is 11.7 Å². The van der Waals surface area contributed by atoms with Gasteiger partial charge in [-0.3, -0.25) is 14.4 Å². The maximum absolute atomic E-state index is 12.8. The summed E-state index contributed by atoms with van der Waals surface area (Å²) in [5.41, 5.74) is 1.12. The molecular formula is C22H27N3O4. The first-order chi connectivity index (χ1) is 14.1. The number of rotatable bonds is 6. The van der Waals surface area contributed by atoms with E-state index >= 15 is 0 Å². The minimum atomic E-state index is -0.634. The van der Waals surface area contributed by atoms with Gasteiger partial charge in [-0.1, -0.05) is 18.2 Å². The Balaban J connectivity index is 1.51. The molecule has 0 aliphatic carbocycles. The van der Waals surface area contributed by atoms with Gasteiger partial charge in [0.05, 0.1) is 11.7 Å². The molecule has 2 saturated heterocycles. The van der Waals surface area contributed by atoms with Crippen molar-refractivity contribution in [2.45, 2.75) is 44.8 Å². The number of hydrogen-bond acceptors (Lipinski definition) is 4. The summed E-state index contributed by atoms with van der Waals surface area (Å²) in [5.74, 6) is -1.17. The third-order valence-electron chi connectivity index (χ3n) is 5.77. The zero-order valence-electron chi connectivity index (χ0n) is 16.6. The molecule has 2 amide bonds. The minimum absolute atomic E-state index is 0.0183. The van der Waals surface area contributed by atoms with Crippen LogP contribution < -0.4 is 5.32 Å². The SMILES string of the molecule is O=C(NCC1CCCO1)C(=O)c1cn(CC(=O)N2CCCCC2)c2ccccc12. The van der Waals surface area contributed by atoms with Crippen molar-refractivity contribution in [2.24, 2.45) is 0 Å². The number of piperidine rings is 1. The fourth-order valence-electron chi connectivity index (χ4n) is 4.16. The number of ether oxygens (including phenoxy) is 1. The summed E-state index contributed by atoms with van der Waals surface area (Å²) in [4.78, 5) is 39.8. The molecule has 29 heavy (non-hydrogen) atoms. The number of likely N-dealkylation sites (tertiary alicyclic amines) is 1. The van der Waals surface area contributed by atoms with Crippen LogP contribution in [0.2, 0.25) is 0 Å². The fourth-order valence-corrected chi connectivity index (χ4v) is 4.16. The van der Waals surface area contributed by atoms with Gasteiger partial charge in [0.2, 0.25) is 5.91 Å². The smallest absolute Gasteiger partial charge is 0.292 e. The molecule has 154 valence electrons. The quantitative estimate of drug-likeness (QED) is 0.598. The van der Waals surface area contributed by atoms with Crippen LogP contribution in [0, 0.1) is 0 Å². The molecule has 2 fully saturated rings. The molecule has 0 saturated carbocycles. The van der Waals surface area contributed by atoms with E-state index in [0.717, 1.165) is 50.7 Å². The lowest BCUT2D eigenvalue weighted by molar-refractivity contribution is -0.132. The normalized spacial score (nSPS) is 19.4. The topological polar surface area (TPSA) is 80.6 Å². The van der Waals surface area contributed by atoms with Gasteiger partial charge in [0.1, 0.15) is 6.54 Å². The Hall–Kier alpha value is -2.67. The van der Waals surface area contributed by atoms with E-state index in [-0.39, 0.29) is 18.6 Å². The number of amides is 2. The lowest BCUT2D eigenvalue weighted by atomic mass is 10.1. The van der Waals surface area contributed by atoms with Gasteiger partial charge >= 0.3 is 0 Å². The number of Topliss-reactive ketones (excluding diaryl/α,β-unsaturated/α-hetero) is 1. The van der Waals surface area contributed by atoms with E-state index in [2.05, 4.69) is 5.32 Å². The number of hydrogen-bond donors (Lipinski definition) is 1. The summed E-state index contributed by atoms with van der Waals surface area (Å²) in [6, 6.07) is 7.40. The van der Waals surface area contributed by atoms with Crippen LogP contribution in [0.4, 0.5) is 0 Å². The zero-order chi connectivity index (χ0) is 20.2. The maximum atomic E-state index is 12.8. The number of nitrogens with one attached hydrogen (secondary N) is 1. The molecule has 0 spiro atoms. The van der Waals surface area contributed by atoms with E-state index in [1.54, 1.807) is 10.8 Å². The number of carbonyl (C=O) groups excluding carboxylic acids is 3. The highest BCUT2D eigenvalue weighted by Gasteiger charge is 2.25. The van der Waals surface area contributed by atoms with Crippen LogP contribution in [0.5, 0.6) is 0 Å². The molecule has 2 aliphatic heterocycles. The van der Waals surface area contributed by atoms with Crippen LogP contribution in [0.25, 0.3) is 10.9 Å². The predicted molar refractivity (Wildman–Crippen MR) is 109 cm³/mol. The third kappa shape index (κ3) is 4.34. The number of aromatic nitrogens is 1. The number of ketones is 1. The van der Waals surface area contributed by atoms with Gasteiger partial charge in [-0.05, 0) is 38.2 Å². The van der Waals surface area contributed by atoms with Crippen molar-refractivity contribution in [1.29, 1.82) is 0 Å². The summed E-state index contributed by atoms with van der Waals surface area (Å²) >= 11 is 0. The van der Waals surface area contributed by atoms with Gasteiger partial charge in [0.15, 0.2) is 0 Å². The Morgan fingerprint density at radius 1 is 1.07 bits per heavy atom. The summed E-state index contributed by atoms with van der Waals surface area (Å²) in [6.07, 6.45) is 6.73. The van der Waals surface area contributed by atoms with Crippen LogP contribution in [0.15, 0.2) is 30.5 Å². The Bertz CT molecular complexity index is 908. The molecule has 7 nitrogen and oxygen atoms in total. The van der Waals surface area contributed by atoms with Crippen molar-refractivity contribution < 1.29 is 19.1 Å². The first-order valence-electron chi connectivity index (χ1n) is 10.4. The van der Waals surface area contributed by atoms with Crippen LogP contribution >= 0.6 is 0 Å². The molecule has 2 aromatic rings. The second-order valence-corrected chi connectivity index (χ2v) is 7.80. The number of carbonyl (C=O) groups is 3. The van der Waals surface area contributed by atoms with Crippen LogP contribution in [-0.4, -0.2) is 59.4 Å². The Kier molecular flexibility index (Phi) is 5.94. The van der Waals surface area contributed by atoms with Crippen molar-refractivity contribution in [3.8, 4) is 0 Å². The van der Waals surface area contributed by atoms with Gasteiger partial charge in [0, 0.05) is 43.3 Å². The second kappa shape index (κ2) is 8.78. The summed E-state index contributed by atoms with van der Waals surface area (Å²) in [5, 5.41) is 3.38. The molecule has 1 unspecified atom stereocenters. The molecule has 1 N–H and O–H groups in total.